The van der Waals surface area contributed by atoms with Gasteiger partial charge in [0, 0.05) is 0 Å². The summed E-state index contributed by atoms with van der Waals surface area (Å²) in [6.07, 6.45) is 1.71. The monoisotopic (exact) mass is 260 g/mol. The van der Waals surface area contributed by atoms with E-state index in [0.717, 1.165) is 24.0 Å². The highest BCUT2D eigenvalue weighted by atomic mass is 16.3. The highest BCUT2D eigenvalue weighted by Crippen LogP contribution is 2.42. The fraction of sp³-hybridized carbons (Fsp3) is 0.158. The molecular weight excluding hydrogens is 244 g/mol. The maximum Gasteiger partial charge on any atom is 0.115 e. The predicted octanol–water partition coefficient (Wildman–Crippen LogP) is 4.02. The summed E-state index contributed by atoms with van der Waals surface area (Å²) in [5.74, 6) is 0. The minimum absolute atomic E-state index is 0.769. The summed E-state index contributed by atoms with van der Waals surface area (Å²) in [5.41, 5.74) is 2.50. The fourth-order valence-electron chi connectivity index (χ4n) is 3.34. The van der Waals surface area contributed by atoms with Crippen LogP contribution in [0.1, 0.15) is 23.1 Å². The second-order valence-electron chi connectivity index (χ2n) is 5.58. The zero-order valence-electron chi connectivity index (χ0n) is 11.2. The number of aliphatic hydroxyl groups is 1. The molecule has 1 nitrogen and oxygen atoms in total. The summed E-state index contributed by atoms with van der Waals surface area (Å²) in [5, 5.41) is 13.6. The molecule has 4 rings (SSSR count). The van der Waals surface area contributed by atoms with Crippen LogP contribution in [0.2, 0.25) is 0 Å². The van der Waals surface area contributed by atoms with E-state index in [2.05, 4.69) is 42.5 Å². The number of fused-ring (bicyclic) bond motifs is 2. The van der Waals surface area contributed by atoms with Crippen molar-refractivity contribution in [1.82, 2.24) is 0 Å². The number of aryl methyl sites for hydroxylation is 1. The van der Waals surface area contributed by atoms with Crippen molar-refractivity contribution in [2.45, 2.75) is 18.4 Å². The Bertz CT molecular complexity index is 790. The van der Waals surface area contributed by atoms with Gasteiger partial charge in [-0.25, -0.2) is 0 Å². The molecule has 0 fully saturated rings. The Hall–Kier alpha value is -2.12. The van der Waals surface area contributed by atoms with Crippen molar-refractivity contribution in [3.8, 4) is 0 Å². The van der Waals surface area contributed by atoms with E-state index in [9.17, 15) is 5.11 Å². The summed E-state index contributed by atoms with van der Waals surface area (Å²) in [4.78, 5) is 0. The van der Waals surface area contributed by atoms with Crippen molar-refractivity contribution in [1.29, 1.82) is 0 Å². The van der Waals surface area contributed by atoms with Gasteiger partial charge < -0.3 is 5.11 Å². The average molecular weight is 260 g/mol. The number of rotatable bonds is 1. The van der Waals surface area contributed by atoms with E-state index >= 15 is 0 Å². The quantitative estimate of drug-likeness (QED) is 0.700. The van der Waals surface area contributed by atoms with Crippen LogP contribution in [0.4, 0.5) is 0 Å². The molecule has 1 aliphatic carbocycles. The fourth-order valence-corrected chi connectivity index (χ4v) is 3.34. The topological polar surface area (TPSA) is 20.2 Å². The molecule has 0 aromatic heterocycles. The third kappa shape index (κ3) is 1.60. The van der Waals surface area contributed by atoms with Crippen molar-refractivity contribution in [2.75, 3.05) is 0 Å². The van der Waals surface area contributed by atoms with Gasteiger partial charge in [-0.05, 0) is 46.4 Å². The lowest BCUT2D eigenvalue weighted by molar-refractivity contribution is 0.0831. The van der Waals surface area contributed by atoms with E-state index in [1.165, 1.54) is 16.3 Å². The van der Waals surface area contributed by atoms with Gasteiger partial charge in [-0.15, -0.1) is 0 Å². The molecule has 0 heterocycles. The van der Waals surface area contributed by atoms with E-state index in [4.69, 9.17) is 0 Å². The number of hydrogen-bond donors (Lipinski definition) is 1. The van der Waals surface area contributed by atoms with Gasteiger partial charge in [-0.2, -0.15) is 0 Å². The van der Waals surface area contributed by atoms with Gasteiger partial charge in [-0.1, -0.05) is 60.7 Å². The van der Waals surface area contributed by atoms with Crippen LogP contribution in [0, 0.1) is 0 Å². The third-order valence-electron chi connectivity index (χ3n) is 4.45. The first-order valence-corrected chi connectivity index (χ1v) is 7.07. The van der Waals surface area contributed by atoms with Gasteiger partial charge >= 0.3 is 0 Å². The molecule has 1 atom stereocenters. The number of hydrogen-bond acceptors (Lipinski definition) is 1. The molecule has 1 aliphatic rings. The Morgan fingerprint density at radius 2 is 1.55 bits per heavy atom. The standard InChI is InChI=1S/C19H16O/c20-19(12-11-15-6-3-4-8-18(15)19)17-10-9-14-5-1-2-7-16(14)13-17/h1-10,13,20H,11-12H2. The van der Waals surface area contributed by atoms with Gasteiger partial charge in [-0.3, -0.25) is 0 Å². The molecule has 0 spiro atoms. The van der Waals surface area contributed by atoms with E-state index in [1.807, 2.05) is 24.3 Å². The minimum atomic E-state index is -0.833. The lowest BCUT2D eigenvalue weighted by Crippen LogP contribution is -2.23. The van der Waals surface area contributed by atoms with Crippen LogP contribution >= 0.6 is 0 Å². The Morgan fingerprint density at radius 3 is 2.45 bits per heavy atom. The van der Waals surface area contributed by atoms with Crippen LogP contribution < -0.4 is 0 Å². The summed E-state index contributed by atoms with van der Waals surface area (Å²) in [7, 11) is 0. The minimum Gasteiger partial charge on any atom is -0.380 e. The zero-order chi connectivity index (χ0) is 13.6. The van der Waals surface area contributed by atoms with Crippen LogP contribution in [0.25, 0.3) is 10.8 Å². The summed E-state index contributed by atoms with van der Waals surface area (Å²) < 4.78 is 0. The SMILES string of the molecule is OC1(c2ccc3ccccc3c2)CCc2ccccc21. The second kappa shape index (κ2) is 4.19. The second-order valence-corrected chi connectivity index (χ2v) is 5.58. The van der Waals surface area contributed by atoms with Crippen LogP contribution in [0.15, 0.2) is 66.7 Å². The van der Waals surface area contributed by atoms with E-state index in [-0.39, 0.29) is 0 Å². The summed E-state index contributed by atoms with van der Waals surface area (Å²) in [6, 6.07) is 22.8. The molecule has 0 aliphatic heterocycles. The Kier molecular flexibility index (Phi) is 2.45. The molecule has 0 saturated carbocycles. The normalized spacial score (nSPS) is 21.1. The van der Waals surface area contributed by atoms with Crippen molar-refractivity contribution in [3.05, 3.63) is 83.4 Å². The van der Waals surface area contributed by atoms with Crippen molar-refractivity contribution in [3.63, 3.8) is 0 Å². The predicted molar refractivity (Wildman–Crippen MR) is 81.7 cm³/mol. The Balaban J connectivity index is 1.91. The number of benzene rings is 3. The van der Waals surface area contributed by atoms with E-state index in [1.54, 1.807) is 0 Å². The third-order valence-corrected chi connectivity index (χ3v) is 4.45. The van der Waals surface area contributed by atoms with Gasteiger partial charge in [0.15, 0.2) is 0 Å². The molecule has 3 aromatic rings. The van der Waals surface area contributed by atoms with Gasteiger partial charge in [0.2, 0.25) is 0 Å². The van der Waals surface area contributed by atoms with Crippen molar-refractivity contribution in [2.24, 2.45) is 0 Å². The molecule has 0 bridgehead atoms. The van der Waals surface area contributed by atoms with E-state index < -0.39 is 5.60 Å². The molecular formula is C19H16O. The first-order valence-electron chi connectivity index (χ1n) is 7.07. The van der Waals surface area contributed by atoms with Gasteiger partial charge in [0.05, 0.1) is 0 Å². The van der Waals surface area contributed by atoms with Crippen LogP contribution in [0.5, 0.6) is 0 Å². The molecule has 3 aromatic carbocycles. The molecule has 0 radical (unpaired) electrons. The molecule has 1 heteroatoms. The lowest BCUT2D eigenvalue weighted by Gasteiger charge is -2.25. The smallest absolute Gasteiger partial charge is 0.115 e. The Labute approximate surface area is 118 Å². The average Bonchev–Trinajstić information content (AvgIpc) is 2.86. The molecule has 1 N–H and O–H groups in total. The maximum atomic E-state index is 11.2. The molecule has 1 unspecified atom stereocenters. The molecule has 98 valence electrons. The van der Waals surface area contributed by atoms with Crippen molar-refractivity contribution < 1.29 is 5.11 Å². The van der Waals surface area contributed by atoms with E-state index in [0.29, 0.717) is 0 Å². The van der Waals surface area contributed by atoms with Crippen LogP contribution in [-0.4, -0.2) is 5.11 Å². The zero-order valence-corrected chi connectivity index (χ0v) is 11.2. The maximum absolute atomic E-state index is 11.2. The first kappa shape index (κ1) is 11.7. The Morgan fingerprint density at radius 1 is 0.800 bits per heavy atom. The summed E-state index contributed by atoms with van der Waals surface area (Å²) >= 11 is 0. The largest absolute Gasteiger partial charge is 0.380 e. The van der Waals surface area contributed by atoms with Gasteiger partial charge in [0.1, 0.15) is 5.60 Å². The summed E-state index contributed by atoms with van der Waals surface area (Å²) in [6.45, 7) is 0. The lowest BCUT2D eigenvalue weighted by atomic mass is 9.87. The molecule has 0 saturated heterocycles. The van der Waals surface area contributed by atoms with Gasteiger partial charge in [0.25, 0.3) is 0 Å². The highest BCUT2D eigenvalue weighted by Gasteiger charge is 2.37. The van der Waals surface area contributed by atoms with Crippen LogP contribution in [-0.2, 0) is 12.0 Å². The molecule has 0 amide bonds. The first-order chi connectivity index (χ1) is 9.77. The highest BCUT2D eigenvalue weighted by molar-refractivity contribution is 5.83. The molecule has 20 heavy (non-hydrogen) atoms. The van der Waals surface area contributed by atoms with Crippen LogP contribution in [0.3, 0.4) is 0 Å². The van der Waals surface area contributed by atoms with Crippen molar-refractivity contribution >= 4 is 10.8 Å².